The van der Waals surface area contributed by atoms with Crippen molar-refractivity contribution < 1.29 is 9.53 Å². The fourth-order valence-corrected chi connectivity index (χ4v) is 5.64. The molecule has 0 aromatic heterocycles. The molecule has 2 aromatic carbocycles. The Hall–Kier alpha value is -1.79. The van der Waals surface area contributed by atoms with E-state index in [1.807, 2.05) is 17.0 Å². The number of halogens is 2. The zero-order chi connectivity index (χ0) is 23.9. The highest BCUT2D eigenvalue weighted by atomic mass is 35.5. The van der Waals surface area contributed by atoms with E-state index in [-0.39, 0.29) is 11.9 Å². The molecule has 184 valence electrons. The number of piperidine rings is 1. The summed E-state index contributed by atoms with van der Waals surface area (Å²) in [7, 11) is 1.68. The molecule has 0 saturated carbocycles. The van der Waals surface area contributed by atoms with Crippen LogP contribution in [0.1, 0.15) is 37.2 Å². The number of likely N-dealkylation sites (tertiary alicyclic amines) is 2. The summed E-state index contributed by atoms with van der Waals surface area (Å²) in [5.74, 6) is 0.518. The van der Waals surface area contributed by atoms with Crippen molar-refractivity contribution in [2.24, 2.45) is 0 Å². The smallest absolute Gasteiger partial charge is 0.242 e. The molecule has 2 heterocycles. The molecule has 7 heteroatoms. The lowest BCUT2D eigenvalue weighted by atomic mass is 9.83. The highest BCUT2D eigenvalue weighted by Gasteiger charge is 2.37. The van der Waals surface area contributed by atoms with Gasteiger partial charge in [-0.2, -0.15) is 0 Å². The first-order chi connectivity index (χ1) is 16.6. The summed E-state index contributed by atoms with van der Waals surface area (Å²) < 4.78 is 5.33. The number of carbonyl (C=O) groups excluding carboxylic acids is 1. The highest BCUT2D eigenvalue weighted by molar-refractivity contribution is 6.42. The average molecular weight is 505 g/mol. The average Bonchev–Trinajstić information content (AvgIpc) is 3.37. The van der Waals surface area contributed by atoms with Crippen LogP contribution in [0.3, 0.4) is 0 Å². The van der Waals surface area contributed by atoms with Gasteiger partial charge in [0.05, 0.1) is 29.2 Å². The van der Waals surface area contributed by atoms with E-state index in [9.17, 15) is 4.79 Å². The number of anilines is 1. The normalized spacial score (nSPS) is 21.1. The van der Waals surface area contributed by atoms with Gasteiger partial charge in [0.2, 0.25) is 5.91 Å². The quantitative estimate of drug-likeness (QED) is 0.464. The largest absolute Gasteiger partial charge is 0.383 e. The lowest BCUT2D eigenvalue weighted by molar-refractivity contribution is -0.134. The number of carbonyl (C=O) groups is 1. The molecule has 2 aliphatic rings. The van der Waals surface area contributed by atoms with Gasteiger partial charge in [-0.3, -0.25) is 4.79 Å². The van der Waals surface area contributed by atoms with Gasteiger partial charge >= 0.3 is 0 Å². The summed E-state index contributed by atoms with van der Waals surface area (Å²) in [6.45, 7) is 5.42. The van der Waals surface area contributed by atoms with Crippen LogP contribution in [-0.2, 0) is 9.53 Å². The molecule has 4 rings (SSSR count). The maximum Gasteiger partial charge on any atom is 0.242 e. The summed E-state index contributed by atoms with van der Waals surface area (Å²) in [5.41, 5.74) is 2.22. The van der Waals surface area contributed by atoms with Crippen molar-refractivity contribution in [1.29, 1.82) is 0 Å². The maximum absolute atomic E-state index is 13.8. The van der Waals surface area contributed by atoms with E-state index in [1.54, 1.807) is 13.2 Å². The Morgan fingerprint density at radius 2 is 1.79 bits per heavy atom. The van der Waals surface area contributed by atoms with E-state index < -0.39 is 0 Å². The van der Waals surface area contributed by atoms with Crippen molar-refractivity contribution in [3.05, 3.63) is 64.1 Å². The van der Waals surface area contributed by atoms with Gasteiger partial charge in [0.15, 0.2) is 0 Å². The van der Waals surface area contributed by atoms with Gasteiger partial charge in [0.1, 0.15) is 0 Å². The molecule has 34 heavy (non-hydrogen) atoms. The van der Waals surface area contributed by atoms with Crippen LogP contribution in [0.15, 0.2) is 48.5 Å². The first-order valence-electron chi connectivity index (χ1n) is 12.3. The third-order valence-electron chi connectivity index (χ3n) is 7.13. The molecule has 0 N–H and O–H groups in total. The van der Waals surface area contributed by atoms with Gasteiger partial charge in [-0.05, 0) is 62.5 Å². The van der Waals surface area contributed by atoms with Crippen LogP contribution < -0.4 is 4.90 Å². The predicted molar refractivity (Wildman–Crippen MR) is 140 cm³/mol. The lowest BCUT2D eigenvalue weighted by Crippen LogP contribution is -2.55. The Morgan fingerprint density at radius 1 is 1.03 bits per heavy atom. The van der Waals surface area contributed by atoms with E-state index in [1.165, 1.54) is 18.4 Å². The molecule has 2 fully saturated rings. The van der Waals surface area contributed by atoms with Gasteiger partial charge < -0.3 is 19.4 Å². The fraction of sp³-hybridized carbons (Fsp3) is 0.519. The van der Waals surface area contributed by atoms with Gasteiger partial charge in [0, 0.05) is 38.3 Å². The number of nitrogens with zero attached hydrogens (tertiary/aromatic N) is 3. The standard InChI is InChI=1S/C27H35Cl2N3O2/c1-34-17-16-31(22-11-12-24(28)25(29)18-22)20-27(33)32-15-7-10-23(21-8-3-2-4-9-21)26(32)19-30-13-5-6-14-30/h2-4,8-9,11-12,18,23,26H,5-7,10,13-17,19-20H2,1H3/t23-,26+/m1/s1. The highest BCUT2D eigenvalue weighted by Crippen LogP contribution is 2.34. The Balaban J connectivity index is 1.56. The minimum Gasteiger partial charge on any atom is -0.383 e. The van der Waals surface area contributed by atoms with Crippen molar-refractivity contribution >= 4 is 34.8 Å². The zero-order valence-corrected chi connectivity index (χ0v) is 21.5. The number of hydrogen-bond acceptors (Lipinski definition) is 4. The molecular formula is C27H35Cl2N3O2. The molecule has 2 atom stereocenters. The van der Waals surface area contributed by atoms with Crippen LogP contribution in [-0.4, -0.2) is 74.7 Å². The lowest BCUT2D eigenvalue weighted by Gasteiger charge is -2.44. The minimum absolute atomic E-state index is 0.159. The van der Waals surface area contributed by atoms with Gasteiger partial charge in [-0.25, -0.2) is 0 Å². The molecule has 0 aliphatic carbocycles. The molecule has 1 amide bonds. The summed E-state index contributed by atoms with van der Waals surface area (Å²) in [6.07, 6.45) is 4.64. The first kappa shape index (κ1) is 25.3. The first-order valence-corrected chi connectivity index (χ1v) is 13.1. The number of hydrogen-bond donors (Lipinski definition) is 0. The Morgan fingerprint density at radius 3 is 2.50 bits per heavy atom. The summed E-state index contributed by atoms with van der Waals surface area (Å²) in [4.78, 5) is 20.6. The van der Waals surface area contributed by atoms with Gasteiger partial charge in [0.25, 0.3) is 0 Å². The number of rotatable bonds is 9. The second kappa shape index (κ2) is 12.3. The predicted octanol–water partition coefficient (Wildman–Crippen LogP) is 5.32. The van der Waals surface area contributed by atoms with Gasteiger partial charge in [-0.1, -0.05) is 53.5 Å². The van der Waals surface area contributed by atoms with Crippen LogP contribution in [0.5, 0.6) is 0 Å². The van der Waals surface area contributed by atoms with Crippen molar-refractivity contribution in [2.75, 3.05) is 57.9 Å². The minimum atomic E-state index is 0.159. The number of amides is 1. The third-order valence-corrected chi connectivity index (χ3v) is 7.87. The van der Waals surface area contributed by atoms with E-state index in [4.69, 9.17) is 27.9 Å². The zero-order valence-electron chi connectivity index (χ0n) is 20.0. The summed E-state index contributed by atoms with van der Waals surface area (Å²) in [5, 5.41) is 0.999. The van der Waals surface area contributed by atoms with Crippen LogP contribution in [0.25, 0.3) is 0 Å². The molecule has 0 radical (unpaired) electrons. The maximum atomic E-state index is 13.8. The van der Waals surface area contributed by atoms with Crippen molar-refractivity contribution in [3.8, 4) is 0 Å². The fourth-order valence-electron chi connectivity index (χ4n) is 5.35. The van der Waals surface area contributed by atoms with E-state index in [0.29, 0.717) is 35.7 Å². The van der Waals surface area contributed by atoms with Crippen LogP contribution in [0.2, 0.25) is 10.0 Å². The molecule has 0 unspecified atom stereocenters. The van der Waals surface area contributed by atoms with E-state index in [0.717, 1.165) is 44.7 Å². The molecule has 0 spiro atoms. The van der Waals surface area contributed by atoms with E-state index in [2.05, 4.69) is 40.1 Å². The number of ether oxygens (including phenoxy) is 1. The Kier molecular flexibility index (Phi) is 9.12. The third kappa shape index (κ3) is 6.25. The SMILES string of the molecule is COCCN(CC(=O)N1CCC[C@H](c2ccccc2)[C@@H]1CN1CCCC1)c1ccc(Cl)c(Cl)c1. The van der Waals surface area contributed by atoms with Crippen LogP contribution in [0, 0.1) is 0 Å². The second-order valence-corrected chi connectivity index (χ2v) is 10.1. The topological polar surface area (TPSA) is 36.0 Å². The Labute approximate surface area is 213 Å². The second-order valence-electron chi connectivity index (χ2n) is 9.33. The number of methoxy groups -OCH3 is 1. The van der Waals surface area contributed by atoms with Gasteiger partial charge in [-0.15, -0.1) is 0 Å². The summed E-state index contributed by atoms with van der Waals surface area (Å²) >= 11 is 12.4. The molecule has 2 aromatic rings. The monoisotopic (exact) mass is 503 g/mol. The van der Waals surface area contributed by atoms with Crippen molar-refractivity contribution in [2.45, 2.75) is 37.6 Å². The van der Waals surface area contributed by atoms with Crippen LogP contribution >= 0.6 is 23.2 Å². The van der Waals surface area contributed by atoms with Crippen LogP contribution in [0.4, 0.5) is 5.69 Å². The summed E-state index contributed by atoms with van der Waals surface area (Å²) in [6, 6.07) is 16.4. The molecule has 0 bridgehead atoms. The molecule has 2 saturated heterocycles. The van der Waals surface area contributed by atoms with Crippen molar-refractivity contribution in [3.63, 3.8) is 0 Å². The van der Waals surface area contributed by atoms with Crippen molar-refractivity contribution in [1.82, 2.24) is 9.80 Å². The molecule has 5 nitrogen and oxygen atoms in total. The molecular weight excluding hydrogens is 469 g/mol. The molecule has 2 aliphatic heterocycles. The van der Waals surface area contributed by atoms with E-state index >= 15 is 0 Å². The Bertz CT molecular complexity index is 937. The number of benzene rings is 2.